The maximum atomic E-state index is 5.78. The fourth-order valence-corrected chi connectivity index (χ4v) is 3.58. The van der Waals surface area contributed by atoms with Crippen molar-refractivity contribution in [2.24, 2.45) is 0 Å². The van der Waals surface area contributed by atoms with Crippen LogP contribution >= 0.6 is 15.9 Å². The van der Waals surface area contributed by atoms with E-state index in [9.17, 15) is 0 Å². The van der Waals surface area contributed by atoms with E-state index < -0.39 is 0 Å². The third-order valence-electron chi connectivity index (χ3n) is 4.01. The quantitative estimate of drug-likeness (QED) is 0.437. The van der Waals surface area contributed by atoms with Crippen molar-refractivity contribution in [1.29, 1.82) is 0 Å². The molecule has 3 heteroatoms. The van der Waals surface area contributed by atoms with Gasteiger partial charge in [0.1, 0.15) is 11.5 Å². The fraction of sp³-hybridized carbons (Fsp3) is 0.684. The summed E-state index contributed by atoms with van der Waals surface area (Å²) in [4.78, 5) is 0. The zero-order valence-corrected chi connectivity index (χ0v) is 16.4. The molecule has 0 aromatic heterocycles. The number of rotatable bonds is 10. The highest BCUT2D eigenvalue weighted by molar-refractivity contribution is 9.10. The van der Waals surface area contributed by atoms with Gasteiger partial charge in [-0.2, -0.15) is 0 Å². The van der Waals surface area contributed by atoms with E-state index in [1.54, 1.807) is 0 Å². The highest BCUT2D eigenvalue weighted by Crippen LogP contribution is 2.42. The molecule has 0 bridgehead atoms. The largest absolute Gasteiger partial charge is 0.494 e. The summed E-state index contributed by atoms with van der Waals surface area (Å²) in [6.07, 6.45) is 6.34. The van der Waals surface area contributed by atoms with Crippen molar-refractivity contribution in [3.63, 3.8) is 0 Å². The number of hydrogen-bond acceptors (Lipinski definition) is 2. The molecule has 0 heterocycles. The van der Waals surface area contributed by atoms with E-state index in [1.807, 2.05) is 19.9 Å². The molecule has 0 saturated carbocycles. The topological polar surface area (TPSA) is 18.5 Å². The zero-order chi connectivity index (χ0) is 16.6. The van der Waals surface area contributed by atoms with Crippen LogP contribution in [0.15, 0.2) is 16.6 Å². The summed E-state index contributed by atoms with van der Waals surface area (Å²) < 4.78 is 12.6. The van der Waals surface area contributed by atoms with Gasteiger partial charge in [0.05, 0.1) is 17.7 Å². The van der Waals surface area contributed by atoms with Crippen LogP contribution in [0.3, 0.4) is 0 Å². The second-order valence-electron chi connectivity index (χ2n) is 6.34. The second kappa shape index (κ2) is 9.44. The van der Waals surface area contributed by atoms with E-state index in [2.05, 4.69) is 42.8 Å². The van der Waals surface area contributed by atoms with Crippen molar-refractivity contribution in [3.05, 3.63) is 22.2 Å². The Balaban J connectivity index is 3.03. The minimum absolute atomic E-state index is 0.103. The molecule has 1 rings (SSSR count). The first-order valence-electron chi connectivity index (χ1n) is 8.55. The number of halogens is 1. The molecule has 0 atom stereocenters. The summed E-state index contributed by atoms with van der Waals surface area (Å²) in [5, 5.41) is 0. The maximum absolute atomic E-state index is 5.78. The van der Waals surface area contributed by atoms with Crippen molar-refractivity contribution in [2.45, 2.75) is 72.1 Å². The average molecular weight is 371 g/mol. The summed E-state index contributed by atoms with van der Waals surface area (Å²) >= 11 is 3.75. The summed E-state index contributed by atoms with van der Waals surface area (Å²) in [5.74, 6) is 1.77. The smallest absolute Gasteiger partial charge is 0.137 e. The van der Waals surface area contributed by atoms with Gasteiger partial charge in [-0.1, -0.05) is 46.5 Å². The van der Waals surface area contributed by atoms with Crippen LogP contribution in [0.5, 0.6) is 11.5 Å². The minimum Gasteiger partial charge on any atom is -0.494 e. The van der Waals surface area contributed by atoms with Crippen molar-refractivity contribution in [1.82, 2.24) is 0 Å². The van der Waals surface area contributed by atoms with Crippen LogP contribution < -0.4 is 9.47 Å². The van der Waals surface area contributed by atoms with E-state index in [4.69, 9.17) is 9.47 Å². The molecule has 0 aliphatic carbocycles. The molecular formula is C19H31BrO2. The normalized spacial score (nSPS) is 11.5. The molecule has 0 spiro atoms. The Hall–Kier alpha value is -0.700. The molecule has 0 saturated heterocycles. The van der Waals surface area contributed by atoms with Crippen LogP contribution in [0.25, 0.3) is 0 Å². The second-order valence-corrected chi connectivity index (χ2v) is 7.14. The first-order chi connectivity index (χ1) is 10.5. The van der Waals surface area contributed by atoms with Crippen LogP contribution in [0.1, 0.15) is 72.3 Å². The van der Waals surface area contributed by atoms with E-state index in [-0.39, 0.29) is 5.41 Å². The van der Waals surface area contributed by atoms with Gasteiger partial charge in [0.25, 0.3) is 0 Å². The van der Waals surface area contributed by atoms with Gasteiger partial charge in [0.2, 0.25) is 0 Å². The van der Waals surface area contributed by atoms with Gasteiger partial charge in [-0.3, -0.25) is 0 Å². The molecular weight excluding hydrogens is 340 g/mol. The van der Waals surface area contributed by atoms with E-state index in [1.165, 1.54) is 37.7 Å². The Labute approximate surface area is 144 Å². The third-order valence-corrected chi connectivity index (χ3v) is 4.83. The van der Waals surface area contributed by atoms with Crippen LogP contribution in [-0.4, -0.2) is 13.2 Å². The van der Waals surface area contributed by atoms with Crippen LogP contribution in [-0.2, 0) is 5.41 Å². The van der Waals surface area contributed by atoms with E-state index >= 15 is 0 Å². The summed E-state index contributed by atoms with van der Waals surface area (Å²) in [5.41, 5.74) is 1.38. The number of hydrogen-bond donors (Lipinski definition) is 0. The van der Waals surface area contributed by atoms with Crippen molar-refractivity contribution in [3.8, 4) is 11.5 Å². The minimum atomic E-state index is 0.103. The maximum Gasteiger partial charge on any atom is 0.137 e. The fourth-order valence-electron chi connectivity index (χ4n) is 2.70. The SMILES string of the molecule is CCCCCCC(C)(C)c1cc(OCC)cc(OCC)c1Br. The Morgan fingerprint density at radius 1 is 0.955 bits per heavy atom. The van der Waals surface area contributed by atoms with Gasteiger partial charge in [-0.25, -0.2) is 0 Å². The molecule has 1 aromatic rings. The van der Waals surface area contributed by atoms with Gasteiger partial charge < -0.3 is 9.47 Å². The molecule has 2 nitrogen and oxygen atoms in total. The van der Waals surface area contributed by atoms with E-state index in [0.29, 0.717) is 13.2 Å². The highest BCUT2D eigenvalue weighted by atomic mass is 79.9. The molecule has 0 aliphatic heterocycles. The zero-order valence-electron chi connectivity index (χ0n) is 14.8. The number of unbranched alkanes of at least 4 members (excludes halogenated alkanes) is 3. The first-order valence-corrected chi connectivity index (χ1v) is 9.35. The van der Waals surface area contributed by atoms with Gasteiger partial charge in [0.15, 0.2) is 0 Å². The number of ether oxygens (including phenoxy) is 2. The Bertz CT molecular complexity index is 455. The molecule has 0 N–H and O–H groups in total. The predicted molar refractivity (Wildman–Crippen MR) is 98.3 cm³/mol. The predicted octanol–water partition coefficient (Wildman–Crippen LogP) is 6.49. The Morgan fingerprint density at radius 2 is 1.64 bits per heavy atom. The van der Waals surface area contributed by atoms with Crippen LogP contribution in [0, 0.1) is 0 Å². The summed E-state index contributed by atoms with van der Waals surface area (Å²) in [7, 11) is 0. The molecule has 0 amide bonds. The molecule has 0 unspecified atom stereocenters. The lowest BCUT2D eigenvalue weighted by atomic mass is 9.79. The van der Waals surface area contributed by atoms with Crippen molar-refractivity contribution < 1.29 is 9.47 Å². The lowest BCUT2D eigenvalue weighted by molar-refractivity contribution is 0.318. The monoisotopic (exact) mass is 370 g/mol. The lowest BCUT2D eigenvalue weighted by Crippen LogP contribution is -2.18. The molecule has 0 aliphatic rings. The lowest BCUT2D eigenvalue weighted by Gasteiger charge is -2.28. The Morgan fingerprint density at radius 3 is 2.23 bits per heavy atom. The van der Waals surface area contributed by atoms with Gasteiger partial charge in [-0.05, 0) is 53.2 Å². The standard InChI is InChI=1S/C19H31BrO2/c1-6-9-10-11-12-19(4,5)16-13-15(21-7-2)14-17(18(16)20)22-8-3/h13-14H,6-12H2,1-5H3. The average Bonchev–Trinajstić information content (AvgIpc) is 2.47. The molecule has 0 fully saturated rings. The van der Waals surface area contributed by atoms with E-state index in [0.717, 1.165) is 16.0 Å². The van der Waals surface area contributed by atoms with Crippen LogP contribution in [0.4, 0.5) is 0 Å². The van der Waals surface area contributed by atoms with Crippen molar-refractivity contribution in [2.75, 3.05) is 13.2 Å². The summed E-state index contributed by atoms with van der Waals surface area (Å²) in [6.45, 7) is 12.2. The molecule has 22 heavy (non-hydrogen) atoms. The number of benzene rings is 1. The molecule has 126 valence electrons. The highest BCUT2D eigenvalue weighted by Gasteiger charge is 2.25. The molecule has 0 radical (unpaired) electrons. The van der Waals surface area contributed by atoms with Gasteiger partial charge in [0, 0.05) is 6.07 Å². The van der Waals surface area contributed by atoms with Crippen molar-refractivity contribution >= 4 is 15.9 Å². The third kappa shape index (κ3) is 5.49. The molecule has 1 aromatic carbocycles. The first kappa shape index (κ1) is 19.3. The van der Waals surface area contributed by atoms with Crippen LogP contribution in [0.2, 0.25) is 0 Å². The summed E-state index contributed by atoms with van der Waals surface area (Å²) in [6, 6.07) is 4.14. The van der Waals surface area contributed by atoms with Gasteiger partial charge in [-0.15, -0.1) is 0 Å². The Kier molecular flexibility index (Phi) is 8.30. The van der Waals surface area contributed by atoms with Gasteiger partial charge >= 0.3 is 0 Å².